The highest BCUT2D eigenvalue weighted by Crippen LogP contribution is 2.19. The molecule has 1 saturated heterocycles. The first-order valence-electron chi connectivity index (χ1n) is 7.66. The molecule has 2 aromatic rings. The van der Waals surface area contributed by atoms with Crippen LogP contribution in [0.1, 0.15) is 39.9 Å². The van der Waals surface area contributed by atoms with Gasteiger partial charge in [-0.1, -0.05) is 48.0 Å². The van der Waals surface area contributed by atoms with Gasteiger partial charge in [-0.25, -0.2) is 0 Å². The van der Waals surface area contributed by atoms with Gasteiger partial charge >= 0.3 is 0 Å². The molecule has 0 aliphatic carbocycles. The van der Waals surface area contributed by atoms with Crippen molar-refractivity contribution in [3.05, 3.63) is 70.8 Å². The Hall–Kier alpha value is -1.93. The van der Waals surface area contributed by atoms with Gasteiger partial charge in [0.15, 0.2) is 5.78 Å². The van der Waals surface area contributed by atoms with Gasteiger partial charge in [-0.3, -0.25) is 9.69 Å². The van der Waals surface area contributed by atoms with E-state index >= 15 is 0 Å². The molecule has 0 unspecified atom stereocenters. The first-order chi connectivity index (χ1) is 10.2. The average Bonchev–Trinajstić information content (AvgIpc) is 3.00. The highest BCUT2D eigenvalue weighted by atomic mass is 16.1. The van der Waals surface area contributed by atoms with Gasteiger partial charge in [0.2, 0.25) is 0 Å². The van der Waals surface area contributed by atoms with Gasteiger partial charge < -0.3 is 0 Å². The van der Waals surface area contributed by atoms with Crippen molar-refractivity contribution in [1.29, 1.82) is 0 Å². The maximum atomic E-state index is 12.8. The highest BCUT2D eigenvalue weighted by Gasteiger charge is 2.17. The fraction of sp³-hybridized carbons (Fsp3) is 0.316. The normalized spacial score (nSPS) is 15.3. The lowest BCUT2D eigenvalue weighted by Gasteiger charge is -2.17. The van der Waals surface area contributed by atoms with Crippen molar-refractivity contribution in [2.45, 2.75) is 26.3 Å². The number of nitrogens with zero attached hydrogens (tertiary/aromatic N) is 1. The molecule has 1 heterocycles. The third-order valence-corrected chi connectivity index (χ3v) is 4.13. The summed E-state index contributed by atoms with van der Waals surface area (Å²) < 4.78 is 0. The number of ketones is 1. The van der Waals surface area contributed by atoms with Crippen molar-refractivity contribution < 1.29 is 4.79 Å². The lowest BCUT2D eigenvalue weighted by Crippen LogP contribution is -2.20. The van der Waals surface area contributed by atoms with Crippen LogP contribution in [-0.2, 0) is 6.54 Å². The Morgan fingerprint density at radius 1 is 1.05 bits per heavy atom. The average molecular weight is 279 g/mol. The van der Waals surface area contributed by atoms with Gasteiger partial charge in [0.1, 0.15) is 0 Å². The molecule has 21 heavy (non-hydrogen) atoms. The molecule has 1 fully saturated rings. The molecule has 1 aliphatic heterocycles. The van der Waals surface area contributed by atoms with E-state index in [9.17, 15) is 4.79 Å². The van der Waals surface area contributed by atoms with Crippen molar-refractivity contribution in [1.82, 2.24) is 4.90 Å². The fourth-order valence-electron chi connectivity index (χ4n) is 3.00. The molecule has 2 nitrogen and oxygen atoms in total. The zero-order chi connectivity index (χ0) is 14.7. The maximum absolute atomic E-state index is 12.8. The highest BCUT2D eigenvalue weighted by molar-refractivity contribution is 6.10. The number of rotatable bonds is 4. The van der Waals surface area contributed by atoms with E-state index in [-0.39, 0.29) is 5.78 Å². The Balaban J connectivity index is 1.89. The number of carbonyl (C=O) groups excluding carboxylic acids is 1. The van der Waals surface area contributed by atoms with Crippen molar-refractivity contribution in [2.24, 2.45) is 0 Å². The Bertz CT molecular complexity index is 642. The summed E-state index contributed by atoms with van der Waals surface area (Å²) in [6.07, 6.45) is 2.54. The molecule has 0 bridgehead atoms. The molecule has 0 radical (unpaired) electrons. The van der Waals surface area contributed by atoms with Crippen molar-refractivity contribution in [3.63, 3.8) is 0 Å². The quantitative estimate of drug-likeness (QED) is 0.793. The third-order valence-electron chi connectivity index (χ3n) is 4.13. The molecule has 2 aromatic carbocycles. The molecule has 0 spiro atoms. The molecular weight excluding hydrogens is 258 g/mol. The molecule has 0 saturated carbocycles. The van der Waals surface area contributed by atoms with Crippen LogP contribution in [0.4, 0.5) is 0 Å². The first kappa shape index (κ1) is 14.0. The van der Waals surface area contributed by atoms with Gasteiger partial charge in [0.25, 0.3) is 0 Å². The summed E-state index contributed by atoms with van der Waals surface area (Å²) >= 11 is 0. The predicted octanol–water partition coefficient (Wildman–Crippen LogP) is 3.82. The van der Waals surface area contributed by atoms with Crippen LogP contribution < -0.4 is 0 Å². The molecule has 0 N–H and O–H groups in total. The molecule has 2 heteroatoms. The van der Waals surface area contributed by atoms with Crippen LogP contribution in [-0.4, -0.2) is 23.8 Å². The molecule has 0 amide bonds. The van der Waals surface area contributed by atoms with E-state index in [1.807, 2.05) is 49.4 Å². The zero-order valence-electron chi connectivity index (χ0n) is 12.5. The SMILES string of the molecule is Cc1cccc(C(=O)c2ccccc2CN2CCCC2)c1. The van der Waals surface area contributed by atoms with Crippen LogP contribution in [0.3, 0.4) is 0 Å². The van der Waals surface area contributed by atoms with Gasteiger partial charge in [-0.15, -0.1) is 0 Å². The zero-order valence-corrected chi connectivity index (χ0v) is 12.5. The monoisotopic (exact) mass is 279 g/mol. The second-order valence-electron chi connectivity index (χ2n) is 5.84. The molecule has 0 atom stereocenters. The minimum atomic E-state index is 0.133. The lowest BCUT2D eigenvalue weighted by molar-refractivity contribution is 0.103. The topological polar surface area (TPSA) is 20.3 Å². The van der Waals surface area contributed by atoms with Crippen molar-refractivity contribution in [3.8, 4) is 0 Å². The van der Waals surface area contributed by atoms with Crippen LogP contribution in [0.5, 0.6) is 0 Å². The second-order valence-corrected chi connectivity index (χ2v) is 5.84. The van der Waals surface area contributed by atoms with E-state index in [2.05, 4.69) is 11.0 Å². The number of hydrogen-bond acceptors (Lipinski definition) is 2. The van der Waals surface area contributed by atoms with E-state index < -0.39 is 0 Å². The van der Waals surface area contributed by atoms with Crippen LogP contribution in [0.15, 0.2) is 48.5 Å². The molecule has 1 aliphatic rings. The molecule has 3 rings (SSSR count). The molecule has 0 aromatic heterocycles. The predicted molar refractivity (Wildman–Crippen MR) is 85.6 cm³/mol. The number of benzene rings is 2. The van der Waals surface area contributed by atoms with Crippen LogP contribution >= 0.6 is 0 Å². The number of carbonyl (C=O) groups is 1. The van der Waals surface area contributed by atoms with E-state index in [0.29, 0.717) is 0 Å². The Morgan fingerprint density at radius 3 is 2.57 bits per heavy atom. The Morgan fingerprint density at radius 2 is 1.81 bits per heavy atom. The van der Waals surface area contributed by atoms with E-state index in [1.54, 1.807) is 0 Å². The third kappa shape index (κ3) is 3.22. The van der Waals surface area contributed by atoms with Crippen molar-refractivity contribution >= 4 is 5.78 Å². The fourth-order valence-corrected chi connectivity index (χ4v) is 3.00. The smallest absolute Gasteiger partial charge is 0.193 e. The summed E-state index contributed by atoms with van der Waals surface area (Å²) in [7, 11) is 0. The first-order valence-corrected chi connectivity index (χ1v) is 7.66. The van der Waals surface area contributed by atoms with Gasteiger partial charge in [-0.2, -0.15) is 0 Å². The summed E-state index contributed by atoms with van der Waals surface area (Å²) in [4.78, 5) is 15.2. The summed E-state index contributed by atoms with van der Waals surface area (Å²) in [6, 6.07) is 15.9. The standard InChI is InChI=1S/C19H21NO/c1-15-7-6-9-16(13-15)19(21)18-10-3-2-8-17(18)14-20-11-4-5-12-20/h2-3,6-10,13H,4-5,11-12,14H2,1H3. The number of aryl methyl sites for hydroxylation is 1. The minimum absolute atomic E-state index is 0.133. The van der Waals surface area contributed by atoms with E-state index in [0.717, 1.165) is 41.9 Å². The summed E-state index contributed by atoms with van der Waals surface area (Å²) in [5, 5.41) is 0. The summed E-state index contributed by atoms with van der Waals surface area (Å²) in [5.41, 5.74) is 3.89. The van der Waals surface area contributed by atoms with Gasteiger partial charge in [0.05, 0.1) is 0 Å². The van der Waals surface area contributed by atoms with E-state index in [4.69, 9.17) is 0 Å². The lowest BCUT2D eigenvalue weighted by atomic mass is 9.97. The Kier molecular flexibility index (Phi) is 4.16. The maximum Gasteiger partial charge on any atom is 0.193 e. The van der Waals surface area contributed by atoms with Crippen LogP contribution in [0.2, 0.25) is 0 Å². The summed E-state index contributed by atoms with van der Waals surface area (Å²) in [6.45, 7) is 5.20. The van der Waals surface area contributed by atoms with Gasteiger partial charge in [-0.05, 0) is 44.5 Å². The van der Waals surface area contributed by atoms with Gasteiger partial charge in [0, 0.05) is 17.7 Å². The summed E-state index contributed by atoms with van der Waals surface area (Å²) in [5.74, 6) is 0.133. The largest absolute Gasteiger partial charge is 0.299 e. The van der Waals surface area contributed by atoms with Crippen LogP contribution in [0, 0.1) is 6.92 Å². The minimum Gasteiger partial charge on any atom is -0.299 e. The van der Waals surface area contributed by atoms with Crippen LogP contribution in [0.25, 0.3) is 0 Å². The second kappa shape index (κ2) is 6.23. The molecular formula is C19H21NO. The Labute approximate surface area is 126 Å². The van der Waals surface area contributed by atoms with E-state index in [1.165, 1.54) is 12.8 Å². The van der Waals surface area contributed by atoms with Crippen molar-refractivity contribution in [2.75, 3.05) is 13.1 Å². The number of likely N-dealkylation sites (tertiary alicyclic amines) is 1. The molecule has 108 valence electrons. The number of hydrogen-bond donors (Lipinski definition) is 0.